The summed E-state index contributed by atoms with van der Waals surface area (Å²) >= 11 is 1.39. The monoisotopic (exact) mass is 417 g/mol. The van der Waals surface area contributed by atoms with Gasteiger partial charge in [-0.3, -0.25) is 4.79 Å². The summed E-state index contributed by atoms with van der Waals surface area (Å²) in [7, 11) is 2.13. The number of benzene rings is 2. The number of thioether (sulfide) groups is 1. The van der Waals surface area contributed by atoms with E-state index in [9.17, 15) is 4.79 Å². The van der Waals surface area contributed by atoms with Crippen LogP contribution in [0.15, 0.2) is 52.4 Å². The number of para-hydroxylation sites is 1. The first-order valence-corrected chi connectivity index (χ1v) is 10.9. The predicted octanol–water partition coefficient (Wildman–Crippen LogP) is 5.83. The molecule has 30 heavy (non-hydrogen) atoms. The zero-order valence-electron chi connectivity index (χ0n) is 18.3. The Labute approximate surface area is 182 Å². The van der Waals surface area contributed by atoms with Crippen molar-refractivity contribution in [3.8, 4) is 0 Å². The maximum Gasteiger partial charge on any atom is 0.264 e. The second-order valence-electron chi connectivity index (χ2n) is 8.53. The first-order chi connectivity index (χ1) is 14.2. The minimum atomic E-state index is -0.102. The number of amidine groups is 1. The molecule has 4 nitrogen and oxygen atoms in total. The summed E-state index contributed by atoms with van der Waals surface area (Å²) in [6.07, 6.45) is 4.27. The predicted molar refractivity (Wildman–Crippen MR) is 129 cm³/mol. The molecule has 2 aromatic rings. The van der Waals surface area contributed by atoms with Crippen molar-refractivity contribution in [3.05, 3.63) is 69.6 Å². The minimum absolute atomic E-state index is 0.0222. The Bertz CT molecular complexity index is 1140. The van der Waals surface area contributed by atoms with Crippen LogP contribution in [0.5, 0.6) is 0 Å². The topological polar surface area (TPSA) is 44.7 Å². The molecular weight excluding hydrogens is 390 g/mol. The summed E-state index contributed by atoms with van der Waals surface area (Å²) in [6, 6.07) is 12.3. The maximum atomic E-state index is 12.6. The zero-order chi connectivity index (χ0) is 21.6. The molecule has 0 saturated carbocycles. The van der Waals surface area contributed by atoms with Gasteiger partial charge in [0.1, 0.15) is 0 Å². The Morgan fingerprint density at radius 3 is 2.57 bits per heavy atom. The van der Waals surface area contributed by atoms with Gasteiger partial charge in [-0.2, -0.15) is 0 Å². The second-order valence-corrected chi connectivity index (χ2v) is 9.56. The highest BCUT2D eigenvalue weighted by atomic mass is 32.2. The van der Waals surface area contributed by atoms with Gasteiger partial charge in [0, 0.05) is 18.3 Å². The van der Waals surface area contributed by atoms with Crippen LogP contribution in [0.25, 0.3) is 11.6 Å². The van der Waals surface area contributed by atoms with Gasteiger partial charge in [0.2, 0.25) is 0 Å². The molecule has 1 amide bonds. The van der Waals surface area contributed by atoms with Gasteiger partial charge in [0.25, 0.3) is 5.91 Å². The molecule has 0 aromatic heterocycles. The molecular formula is C25H27N3OS. The molecule has 1 N–H and O–H groups in total. The Balaban J connectivity index is 1.68. The number of aliphatic imine (C=N–C) groups is 1. The van der Waals surface area contributed by atoms with E-state index in [1.54, 1.807) is 0 Å². The van der Waals surface area contributed by atoms with Gasteiger partial charge in [0.15, 0.2) is 5.17 Å². The van der Waals surface area contributed by atoms with Crippen LogP contribution in [0.2, 0.25) is 0 Å². The van der Waals surface area contributed by atoms with E-state index < -0.39 is 0 Å². The Morgan fingerprint density at radius 2 is 1.83 bits per heavy atom. The van der Waals surface area contributed by atoms with Crippen molar-refractivity contribution in [3.63, 3.8) is 0 Å². The standard InChI is InChI=1S/C25H27N3OS/c1-15-9-7-8-10-20(15)26-24-27-23(29)22(30-24)13-18-12-19-17(3)14-25(4,5)28(6)21(19)11-16(18)2/h7-14H,1-6H3,(H,26,27,29)/b22-13+. The molecule has 0 atom stereocenters. The molecule has 0 unspecified atom stereocenters. The SMILES string of the molecule is CC1=CC(C)(C)N(C)c2cc(C)c(/C=C3/SC(=Nc4ccccc4C)NC3=O)cc21. The number of nitrogens with zero attached hydrogens (tertiary/aromatic N) is 2. The first-order valence-electron chi connectivity index (χ1n) is 10.1. The molecule has 4 rings (SSSR count). The Kier molecular flexibility index (Phi) is 5.10. The van der Waals surface area contributed by atoms with E-state index in [4.69, 9.17) is 0 Å². The van der Waals surface area contributed by atoms with E-state index in [2.05, 4.69) is 68.2 Å². The summed E-state index contributed by atoms with van der Waals surface area (Å²) in [5.74, 6) is -0.102. The summed E-state index contributed by atoms with van der Waals surface area (Å²) in [4.78, 5) is 20.2. The lowest BCUT2D eigenvalue weighted by Gasteiger charge is -2.41. The first kappa shape index (κ1) is 20.5. The van der Waals surface area contributed by atoms with Gasteiger partial charge in [-0.25, -0.2) is 4.99 Å². The second kappa shape index (κ2) is 7.47. The smallest absolute Gasteiger partial charge is 0.264 e. The fourth-order valence-electron chi connectivity index (χ4n) is 3.89. The quantitative estimate of drug-likeness (QED) is 0.626. The van der Waals surface area contributed by atoms with E-state index in [1.807, 2.05) is 37.3 Å². The fourth-order valence-corrected chi connectivity index (χ4v) is 4.72. The number of carbonyl (C=O) groups excluding carboxylic acids is 1. The lowest BCUT2D eigenvalue weighted by molar-refractivity contribution is -0.115. The normalized spacial score (nSPS) is 20.4. The van der Waals surface area contributed by atoms with Gasteiger partial charge < -0.3 is 10.2 Å². The fraction of sp³-hybridized carbons (Fsp3) is 0.280. The van der Waals surface area contributed by atoms with E-state index >= 15 is 0 Å². The number of amides is 1. The maximum absolute atomic E-state index is 12.6. The molecule has 1 fully saturated rings. The van der Waals surface area contributed by atoms with Crippen molar-refractivity contribution in [1.82, 2.24) is 5.32 Å². The van der Waals surface area contributed by atoms with Crippen LogP contribution in [0, 0.1) is 13.8 Å². The Hall–Kier alpha value is -2.79. The van der Waals surface area contributed by atoms with Gasteiger partial charge in [-0.05, 0) is 92.9 Å². The largest absolute Gasteiger partial charge is 0.365 e. The molecule has 2 aliphatic rings. The summed E-state index contributed by atoms with van der Waals surface area (Å²) in [5.41, 5.74) is 7.84. The van der Waals surface area contributed by atoms with E-state index in [1.165, 1.54) is 28.6 Å². The van der Waals surface area contributed by atoms with Crippen molar-refractivity contribution >= 4 is 45.9 Å². The van der Waals surface area contributed by atoms with Crippen LogP contribution < -0.4 is 10.2 Å². The van der Waals surface area contributed by atoms with E-state index in [0.717, 1.165) is 22.4 Å². The highest BCUT2D eigenvalue weighted by molar-refractivity contribution is 8.18. The number of nitrogens with one attached hydrogen (secondary N) is 1. The number of fused-ring (bicyclic) bond motifs is 1. The Morgan fingerprint density at radius 1 is 1.10 bits per heavy atom. The third-order valence-corrected chi connectivity index (χ3v) is 6.79. The zero-order valence-corrected chi connectivity index (χ0v) is 19.1. The lowest BCUT2D eigenvalue weighted by atomic mass is 9.87. The molecule has 2 aliphatic heterocycles. The number of aryl methyl sites for hydroxylation is 2. The average molecular weight is 418 g/mol. The molecule has 0 radical (unpaired) electrons. The van der Waals surface area contributed by atoms with Crippen LogP contribution in [0.1, 0.15) is 43.0 Å². The number of anilines is 1. The van der Waals surface area contributed by atoms with Crippen LogP contribution in [0.4, 0.5) is 11.4 Å². The number of allylic oxidation sites excluding steroid dienone is 1. The number of rotatable bonds is 2. The van der Waals surface area contributed by atoms with Crippen LogP contribution >= 0.6 is 11.8 Å². The van der Waals surface area contributed by atoms with Gasteiger partial charge >= 0.3 is 0 Å². The molecule has 154 valence electrons. The van der Waals surface area contributed by atoms with Crippen LogP contribution in [-0.4, -0.2) is 23.7 Å². The van der Waals surface area contributed by atoms with Crippen molar-refractivity contribution in [2.24, 2.45) is 4.99 Å². The third-order valence-electron chi connectivity index (χ3n) is 5.88. The highest BCUT2D eigenvalue weighted by Crippen LogP contribution is 2.40. The molecule has 2 aromatic carbocycles. The highest BCUT2D eigenvalue weighted by Gasteiger charge is 2.29. The van der Waals surface area contributed by atoms with Gasteiger partial charge in [-0.15, -0.1) is 0 Å². The third kappa shape index (κ3) is 3.70. The molecule has 0 spiro atoms. The van der Waals surface area contributed by atoms with Crippen molar-refractivity contribution in [2.45, 2.75) is 40.2 Å². The van der Waals surface area contributed by atoms with Crippen molar-refractivity contribution in [2.75, 3.05) is 11.9 Å². The summed E-state index contributed by atoms with van der Waals surface area (Å²) < 4.78 is 0. The van der Waals surface area contributed by atoms with Gasteiger partial charge in [0.05, 0.1) is 16.1 Å². The summed E-state index contributed by atoms with van der Waals surface area (Å²) in [5, 5.41) is 3.51. The van der Waals surface area contributed by atoms with Crippen molar-refractivity contribution < 1.29 is 4.79 Å². The molecule has 5 heteroatoms. The molecule has 2 heterocycles. The molecule has 0 aliphatic carbocycles. The van der Waals surface area contributed by atoms with Crippen LogP contribution in [0.3, 0.4) is 0 Å². The summed E-state index contributed by atoms with van der Waals surface area (Å²) in [6.45, 7) is 10.7. The number of hydrogen-bond donors (Lipinski definition) is 1. The number of likely N-dealkylation sites (N-methyl/N-ethyl adjacent to an activating group) is 1. The lowest BCUT2D eigenvalue weighted by Crippen LogP contribution is -2.42. The molecule has 0 bridgehead atoms. The average Bonchev–Trinajstić information content (AvgIpc) is 3.02. The van der Waals surface area contributed by atoms with E-state index in [-0.39, 0.29) is 11.4 Å². The van der Waals surface area contributed by atoms with Gasteiger partial charge in [-0.1, -0.05) is 24.3 Å². The number of carbonyl (C=O) groups is 1. The molecule has 1 saturated heterocycles. The van der Waals surface area contributed by atoms with Crippen molar-refractivity contribution in [1.29, 1.82) is 0 Å². The minimum Gasteiger partial charge on any atom is -0.365 e. The number of hydrogen-bond acceptors (Lipinski definition) is 4. The van der Waals surface area contributed by atoms with Crippen LogP contribution in [-0.2, 0) is 4.79 Å². The van der Waals surface area contributed by atoms with E-state index in [0.29, 0.717) is 10.1 Å².